The molecule has 0 saturated carbocycles. The quantitative estimate of drug-likeness (QED) is 0.506. The number of carbonyl (C=O) groups is 1. The van der Waals surface area contributed by atoms with E-state index in [1.54, 1.807) is 12.4 Å². The summed E-state index contributed by atoms with van der Waals surface area (Å²) in [6.45, 7) is 3.57. The SMILES string of the molecule is CC[C@H](C)[C@H](NO)C(=O)[O-]. The molecule has 0 radical (unpaired) electrons. The van der Waals surface area contributed by atoms with Gasteiger partial charge in [-0.1, -0.05) is 20.3 Å². The van der Waals surface area contributed by atoms with Crippen molar-refractivity contribution >= 4 is 5.97 Å². The van der Waals surface area contributed by atoms with Crippen molar-refractivity contribution in [3.8, 4) is 0 Å². The third-order valence-corrected chi connectivity index (χ3v) is 1.61. The molecule has 0 bridgehead atoms. The first-order valence-electron chi connectivity index (χ1n) is 3.24. The summed E-state index contributed by atoms with van der Waals surface area (Å²) in [5.41, 5.74) is 1.69. The van der Waals surface area contributed by atoms with Gasteiger partial charge in [0.1, 0.15) is 0 Å². The summed E-state index contributed by atoms with van der Waals surface area (Å²) >= 11 is 0. The lowest BCUT2D eigenvalue weighted by Gasteiger charge is -2.21. The van der Waals surface area contributed by atoms with Crippen molar-refractivity contribution in [2.75, 3.05) is 0 Å². The number of hydrogen-bond donors (Lipinski definition) is 2. The summed E-state index contributed by atoms with van der Waals surface area (Å²) in [7, 11) is 0. The van der Waals surface area contributed by atoms with Crippen molar-refractivity contribution in [3.05, 3.63) is 0 Å². The van der Waals surface area contributed by atoms with Crippen LogP contribution in [0.3, 0.4) is 0 Å². The first-order valence-corrected chi connectivity index (χ1v) is 3.24. The van der Waals surface area contributed by atoms with Crippen LogP contribution >= 0.6 is 0 Å². The van der Waals surface area contributed by atoms with Gasteiger partial charge in [-0.05, 0) is 5.92 Å². The highest BCUT2D eigenvalue weighted by atomic mass is 16.5. The van der Waals surface area contributed by atoms with Gasteiger partial charge in [0.05, 0.1) is 12.0 Å². The predicted molar refractivity (Wildman–Crippen MR) is 33.2 cm³/mol. The molecule has 4 nitrogen and oxygen atoms in total. The van der Waals surface area contributed by atoms with Crippen LogP contribution in [0.15, 0.2) is 0 Å². The molecule has 0 aromatic rings. The van der Waals surface area contributed by atoms with E-state index in [-0.39, 0.29) is 5.92 Å². The molecular formula is C6H12NO3-. The number of carboxylic acid groups (broad SMARTS) is 1. The van der Waals surface area contributed by atoms with Crippen molar-refractivity contribution in [2.45, 2.75) is 26.3 Å². The molecule has 2 N–H and O–H groups in total. The zero-order valence-electron chi connectivity index (χ0n) is 6.13. The van der Waals surface area contributed by atoms with E-state index in [9.17, 15) is 9.90 Å². The minimum Gasteiger partial charge on any atom is -0.548 e. The third-order valence-electron chi connectivity index (χ3n) is 1.61. The fraction of sp³-hybridized carbons (Fsp3) is 0.833. The second-order valence-corrected chi connectivity index (χ2v) is 2.31. The van der Waals surface area contributed by atoms with Crippen LogP contribution in [0, 0.1) is 5.92 Å². The smallest absolute Gasteiger partial charge is 0.0739 e. The second kappa shape index (κ2) is 4.24. The van der Waals surface area contributed by atoms with E-state index in [2.05, 4.69) is 0 Å². The van der Waals surface area contributed by atoms with E-state index in [0.717, 1.165) is 0 Å². The summed E-state index contributed by atoms with van der Waals surface area (Å²) < 4.78 is 0. The van der Waals surface area contributed by atoms with Gasteiger partial charge in [-0.15, -0.1) is 0 Å². The lowest BCUT2D eigenvalue weighted by molar-refractivity contribution is -0.311. The fourth-order valence-corrected chi connectivity index (χ4v) is 0.648. The number of carboxylic acids is 1. The number of carbonyl (C=O) groups excluding carboxylic acids is 1. The number of rotatable bonds is 4. The molecule has 0 heterocycles. The Morgan fingerprint density at radius 3 is 2.40 bits per heavy atom. The van der Waals surface area contributed by atoms with Gasteiger partial charge in [-0.25, -0.2) is 0 Å². The number of hydrogen-bond acceptors (Lipinski definition) is 4. The van der Waals surface area contributed by atoms with Gasteiger partial charge in [0.2, 0.25) is 0 Å². The molecule has 0 aliphatic rings. The summed E-state index contributed by atoms with van der Waals surface area (Å²) in [5, 5.41) is 18.5. The fourth-order valence-electron chi connectivity index (χ4n) is 0.648. The van der Waals surface area contributed by atoms with Gasteiger partial charge >= 0.3 is 0 Å². The Hall–Kier alpha value is -0.610. The van der Waals surface area contributed by atoms with Gasteiger partial charge in [-0.2, -0.15) is 5.48 Å². The number of nitrogens with one attached hydrogen (secondary N) is 1. The Labute approximate surface area is 59.8 Å². The molecule has 0 aromatic carbocycles. The summed E-state index contributed by atoms with van der Waals surface area (Å²) in [5.74, 6) is -1.38. The minimum atomic E-state index is -1.27. The molecule has 10 heavy (non-hydrogen) atoms. The lowest BCUT2D eigenvalue weighted by Crippen LogP contribution is -2.47. The molecule has 0 aliphatic heterocycles. The maximum atomic E-state index is 10.2. The van der Waals surface area contributed by atoms with Crippen molar-refractivity contribution in [1.82, 2.24) is 5.48 Å². The molecule has 0 aromatic heterocycles. The number of hydroxylamine groups is 1. The molecule has 0 unspecified atom stereocenters. The van der Waals surface area contributed by atoms with Crippen LogP contribution in [0.1, 0.15) is 20.3 Å². The largest absolute Gasteiger partial charge is 0.548 e. The molecule has 0 aliphatic carbocycles. The van der Waals surface area contributed by atoms with Crippen LogP contribution in [0.5, 0.6) is 0 Å². The van der Waals surface area contributed by atoms with Crippen molar-refractivity contribution in [3.63, 3.8) is 0 Å². The van der Waals surface area contributed by atoms with Crippen molar-refractivity contribution in [1.29, 1.82) is 0 Å². The van der Waals surface area contributed by atoms with Crippen LogP contribution < -0.4 is 10.6 Å². The molecule has 0 spiro atoms. The molecule has 0 fully saturated rings. The van der Waals surface area contributed by atoms with Gasteiger partial charge in [-0.3, -0.25) is 0 Å². The zero-order valence-corrected chi connectivity index (χ0v) is 6.13. The van der Waals surface area contributed by atoms with E-state index in [0.29, 0.717) is 6.42 Å². The topological polar surface area (TPSA) is 72.4 Å². The molecule has 0 amide bonds. The molecule has 60 valence electrons. The Morgan fingerprint density at radius 1 is 1.80 bits per heavy atom. The van der Waals surface area contributed by atoms with Gasteiger partial charge in [0, 0.05) is 0 Å². The van der Waals surface area contributed by atoms with Crippen molar-refractivity contribution in [2.24, 2.45) is 5.92 Å². The Kier molecular flexibility index (Phi) is 3.99. The lowest BCUT2D eigenvalue weighted by atomic mass is 10.0. The van der Waals surface area contributed by atoms with E-state index in [1.165, 1.54) is 0 Å². The summed E-state index contributed by atoms with van der Waals surface area (Å²) in [4.78, 5) is 10.2. The van der Waals surface area contributed by atoms with E-state index < -0.39 is 12.0 Å². The average Bonchev–Trinajstić information content (AvgIpc) is 1.88. The monoisotopic (exact) mass is 146 g/mol. The standard InChI is InChI=1S/C6H13NO3/c1-3-4(2)5(7-10)6(8)9/h4-5,7,10H,3H2,1-2H3,(H,8,9)/p-1/t4-,5-/m0/s1. The highest BCUT2D eigenvalue weighted by Crippen LogP contribution is 2.05. The van der Waals surface area contributed by atoms with Crippen LogP contribution in [-0.2, 0) is 4.79 Å². The Bertz CT molecular complexity index is 116. The maximum Gasteiger partial charge on any atom is 0.0739 e. The van der Waals surface area contributed by atoms with Crippen LogP contribution in [0.4, 0.5) is 0 Å². The predicted octanol–water partition coefficient (Wildman–Crippen LogP) is -0.870. The average molecular weight is 146 g/mol. The normalized spacial score (nSPS) is 16.3. The number of aliphatic carboxylic acids is 1. The minimum absolute atomic E-state index is 0.116. The van der Waals surface area contributed by atoms with Gasteiger partial charge in [0.15, 0.2) is 0 Å². The molecular weight excluding hydrogens is 134 g/mol. The van der Waals surface area contributed by atoms with E-state index in [1.807, 2.05) is 6.92 Å². The Balaban J connectivity index is 3.92. The van der Waals surface area contributed by atoms with Gasteiger partial charge < -0.3 is 15.1 Å². The Morgan fingerprint density at radius 2 is 2.30 bits per heavy atom. The van der Waals surface area contributed by atoms with Gasteiger partial charge in [0.25, 0.3) is 0 Å². The molecule has 4 heteroatoms. The van der Waals surface area contributed by atoms with Crippen LogP contribution in [0.25, 0.3) is 0 Å². The summed E-state index contributed by atoms with van der Waals surface area (Å²) in [6, 6.07) is -0.954. The third kappa shape index (κ3) is 2.33. The first-order chi connectivity index (χ1) is 4.63. The highest BCUT2D eigenvalue weighted by Gasteiger charge is 2.14. The summed E-state index contributed by atoms with van der Waals surface area (Å²) in [6.07, 6.45) is 0.687. The molecule has 0 saturated heterocycles. The zero-order chi connectivity index (χ0) is 8.15. The maximum absolute atomic E-state index is 10.2. The molecule has 2 atom stereocenters. The second-order valence-electron chi connectivity index (χ2n) is 2.31. The van der Waals surface area contributed by atoms with E-state index >= 15 is 0 Å². The van der Waals surface area contributed by atoms with Crippen LogP contribution in [-0.4, -0.2) is 17.2 Å². The highest BCUT2D eigenvalue weighted by molar-refractivity contribution is 5.71. The van der Waals surface area contributed by atoms with Crippen molar-refractivity contribution < 1.29 is 15.1 Å². The van der Waals surface area contributed by atoms with E-state index in [4.69, 9.17) is 5.21 Å². The first kappa shape index (κ1) is 9.39. The molecule has 0 rings (SSSR count). The van der Waals surface area contributed by atoms with Crippen LogP contribution in [0.2, 0.25) is 0 Å².